The average molecular weight is 279 g/mol. The molecule has 2 atom stereocenters. The molecule has 0 aliphatic carbocycles. The van der Waals surface area contributed by atoms with Crippen LogP contribution in [0.4, 0.5) is 4.39 Å². The minimum absolute atomic E-state index is 0.0246. The van der Waals surface area contributed by atoms with Crippen LogP contribution in [-0.2, 0) is 10.2 Å². The Bertz CT molecular complexity index is 515. The van der Waals surface area contributed by atoms with Crippen LogP contribution in [0.15, 0.2) is 18.2 Å². The number of rotatable bonds is 4. The van der Waals surface area contributed by atoms with Gasteiger partial charge >= 0.3 is 0 Å². The summed E-state index contributed by atoms with van der Waals surface area (Å²) in [7, 11) is 1.53. The van der Waals surface area contributed by atoms with E-state index in [1.54, 1.807) is 12.1 Å². The summed E-state index contributed by atoms with van der Waals surface area (Å²) < 4.78 is 19.7. The highest BCUT2D eigenvalue weighted by atomic mass is 19.1. The quantitative estimate of drug-likeness (QED) is 0.920. The molecular weight excluding hydrogens is 257 g/mol. The Balaban J connectivity index is 2.50. The predicted octanol–water partition coefficient (Wildman–Crippen LogP) is 3.03. The maximum absolute atomic E-state index is 14.4. The van der Waals surface area contributed by atoms with Gasteiger partial charge in [-0.2, -0.15) is 0 Å². The lowest BCUT2D eigenvalue weighted by Crippen LogP contribution is -2.40. The molecule has 1 saturated heterocycles. The number of carbonyl (C=O) groups excluding carboxylic acids is 1. The first-order chi connectivity index (χ1) is 9.38. The second kappa shape index (κ2) is 5.43. The van der Waals surface area contributed by atoms with Crippen LogP contribution in [0.2, 0.25) is 0 Å². The summed E-state index contributed by atoms with van der Waals surface area (Å²) in [4.78, 5) is 11.9. The van der Waals surface area contributed by atoms with Gasteiger partial charge in [0.25, 0.3) is 0 Å². The number of ether oxygens (including phenoxy) is 1. The van der Waals surface area contributed by atoms with Crippen molar-refractivity contribution in [3.05, 3.63) is 29.6 Å². The van der Waals surface area contributed by atoms with Gasteiger partial charge in [0.05, 0.1) is 7.11 Å². The topological polar surface area (TPSA) is 38.3 Å². The summed E-state index contributed by atoms with van der Waals surface area (Å²) in [6, 6.07) is 4.74. The minimum Gasteiger partial charge on any atom is -0.496 e. The normalized spacial score (nSPS) is 25.9. The second-order valence-electron chi connectivity index (χ2n) is 6.16. The summed E-state index contributed by atoms with van der Waals surface area (Å²) in [5, 5.41) is 2.99. The largest absolute Gasteiger partial charge is 0.496 e. The monoisotopic (exact) mass is 279 g/mol. The van der Waals surface area contributed by atoms with Crippen LogP contribution in [0.3, 0.4) is 0 Å². The fourth-order valence-electron chi connectivity index (χ4n) is 3.14. The number of hydrogen-bond donors (Lipinski definition) is 1. The molecule has 0 saturated carbocycles. The zero-order valence-electron chi connectivity index (χ0n) is 12.5. The number of halogens is 1. The molecule has 3 nitrogen and oxygen atoms in total. The highest BCUT2D eigenvalue weighted by Crippen LogP contribution is 2.43. The van der Waals surface area contributed by atoms with Crippen LogP contribution in [0.5, 0.6) is 5.75 Å². The predicted molar refractivity (Wildman–Crippen MR) is 76.3 cm³/mol. The average Bonchev–Trinajstić information content (AvgIpc) is 2.63. The van der Waals surface area contributed by atoms with Gasteiger partial charge in [-0.15, -0.1) is 0 Å². The molecule has 2 unspecified atom stereocenters. The Morgan fingerprint density at radius 3 is 2.80 bits per heavy atom. The van der Waals surface area contributed by atoms with Crippen LogP contribution < -0.4 is 10.1 Å². The summed E-state index contributed by atoms with van der Waals surface area (Å²) >= 11 is 0. The Hall–Kier alpha value is -1.58. The van der Waals surface area contributed by atoms with E-state index in [-0.39, 0.29) is 17.8 Å². The number of benzene rings is 1. The van der Waals surface area contributed by atoms with Gasteiger partial charge < -0.3 is 10.1 Å². The van der Waals surface area contributed by atoms with Gasteiger partial charge in [-0.1, -0.05) is 26.8 Å². The van der Waals surface area contributed by atoms with Crippen LogP contribution in [-0.4, -0.2) is 19.1 Å². The molecule has 4 heteroatoms. The summed E-state index contributed by atoms with van der Waals surface area (Å²) in [6.45, 7) is 6.14. The second-order valence-corrected chi connectivity index (χ2v) is 6.16. The molecule has 2 rings (SSSR count). The Morgan fingerprint density at radius 2 is 2.20 bits per heavy atom. The van der Waals surface area contributed by atoms with E-state index < -0.39 is 5.41 Å². The van der Waals surface area contributed by atoms with Crippen molar-refractivity contribution in [2.45, 2.75) is 45.1 Å². The lowest BCUT2D eigenvalue weighted by molar-refractivity contribution is -0.119. The van der Waals surface area contributed by atoms with Gasteiger partial charge in [-0.3, -0.25) is 4.79 Å². The zero-order valence-corrected chi connectivity index (χ0v) is 12.5. The zero-order chi connectivity index (χ0) is 14.9. The summed E-state index contributed by atoms with van der Waals surface area (Å²) in [5.74, 6) is 0.605. The molecule has 1 fully saturated rings. The molecule has 0 spiro atoms. The third kappa shape index (κ3) is 2.51. The SMILES string of the molecule is COc1cccc(F)c1C1(C)CC(=O)NC1CC(C)C. The standard InChI is InChI=1S/C16H22FNO2/c1-10(2)8-13-16(3,9-14(19)18-13)15-11(17)6-5-7-12(15)20-4/h5-7,10,13H,8-9H2,1-4H3,(H,18,19). The van der Waals surface area contributed by atoms with Gasteiger partial charge in [0.1, 0.15) is 11.6 Å². The Labute approximate surface area is 119 Å². The molecule has 1 aliphatic rings. The van der Waals surface area contributed by atoms with Crippen molar-refractivity contribution in [2.24, 2.45) is 5.92 Å². The fraction of sp³-hybridized carbons (Fsp3) is 0.562. The Kier molecular flexibility index (Phi) is 4.02. The molecule has 0 aromatic heterocycles. The molecular formula is C16H22FNO2. The van der Waals surface area contributed by atoms with Gasteiger partial charge in [0, 0.05) is 23.4 Å². The van der Waals surface area contributed by atoms with E-state index in [0.717, 1.165) is 6.42 Å². The highest BCUT2D eigenvalue weighted by molar-refractivity contribution is 5.81. The number of hydrogen-bond acceptors (Lipinski definition) is 2. The van der Waals surface area contributed by atoms with Crippen LogP contribution in [0.1, 0.15) is 39.2 Å². The summed E-state index contributed by atoms with van der Waals surface area (Å²) in [5.41, 5.74) is -0.0654. The minimum atomic E-state index is -0.571. The van der Waals surface area contributed by atoms with Crippen molar-refractivity contribution in [1.82, 2.24) is 5.32 Å². The first kappa shape index (κ1) is 14.8. The lowest BCUT2D eigenvalue weighted by Gasteiger charge is -2.33. The molecule has 1 heterocycles. The van der Waals surface area contributed by atoms with E-state index in [1.807, 2.05) is 6.92 Å². The maximum atomic E-state index is 14.4. The van der Waals surface area contributed by atoms with Gasteiger partial charge in [-0.25, -0.2) is 4.39 Å². The molecule has 0 bridgehead atoms. The number of amides is 1. The van der Waals surface area contributed by atoms with Crippen molar-refractivity contribution in [3.63, 3.8) is 0 Å². The van der Waals surface area contributed by atoms with E-state index in [4.69, 9.17) is 4.74 Å². The van der Waals surface area contributed by atoms with Crippen molar-refractivity contribution < 1.29 is 13.9 Å². The van der Waals surface area contributed by atoms with E-state index in [9.17, 15) is 9.18 Å². The number of carbonyl (C=O) groups is 1. The smallest absolute Gasteiger partial charge is 0.221 e. The van der Waals surface area contributed by atoms with E-state index in [1.165, 1.54) is 13.2 Å². The maximum Gasteiger partial charge on any atom is 0.221 e. The molecule has 20 heavy (non-hydrogen) atoms. The van der Waals surface area contributed by atoms with Crippen molar-refractivity contribution in [3.8, 4) is 5.75 Å². The molecule has 1 aliphatic heterocycles. The number of methoxy groups -OCH3 is 1. The first-order valence-corrected chi connectivity index (χ1v) is 7.01. The fourth-order valence-corrected chi connectivity index (χ4v) is 3.14. The molecule has 1 amide bonds. The molecule has 1 aromatic carbocycles. The van der Waals surface area contributed by atoms with Crippen LogP contribution in [0, 0.1) is 11.7 Å². The lowest BCUT2D eigenvalue weighted by atomic mass is 9.73. The van der Waals surface area contributed by atoms with Gasteiger partial charge in [0.2, 0.25) is 5.91 Å². The third-order valence-electron chi connectivity index (χ3n) is 4.11. The van der Waals surface area contributed by atoms with Crippen molar-refractivity contribution in [1.29, 1.82) is 0 Å². The Morgan fingerprint density at radius 1 is 1.50 bits per heavy atom. The molecule has 1 aromatic rings. The molecule has 110 valence electrons. The van der Waals surface area contributed by atoms with E-state index in [2.05, 4.69) is 19.2 Å². The van der Waals surface area contributed by atoms with Crippen LogP contribution in [0.25, 0.3) is 0 Å². The van der Waals surface area contributed by atoms with Crippen molar-refractivity contribution in [2.75, 3.05) is 7.11 Å². The van der Waals surface area contributed by atoms with Crippen molar-refractivity contribution >= 4 is 5.91 Å². The van der Waals surface area contributed by atoms with Crippen LogP contribution >= 0.6 is 0 Å². The summed E-state index contributed by atoms with van der Waals surface area (Å²) in [6.07, 6.45) is 1.11. The number of nitrogens with one attached hydrogen (secondary N) is 1. The highest BCUT2D eigenvalue weighted by Gasteiger charge is 2.47. The first-order valence-electron chi connectivity index (χ1n) is 7.01. The van der Waals surface area contributed by atoms with E-state index in [0.29, 0.717) is 23.7 Å². The molecule has 1 N–H and O–H groups in total. The van der Waals surface area contributed by atoms with Gasteiger partial charge in [-0.05, 0) is 24.5 Å². The third-order valence-corrected chi connectivity index (χ3v) is 4.11. The van der Waals surface area contributed by atoms with E-state index >= 15 is 0 Å². The van der Waals surface area contributed by atoms with Gasteiger partial charge in [0.15, 0.2) is 0 Å². The molecule has 0 radical (unpaired) electrons.